The van der Waals surface area contributed by atoms with Gasteiger partial charge in [-0.05, 0) is 24.3 Å². The quantitative estimate of drug-likeness (QED) is 0.542. The van der Waals surface area contributed by atoms with Crippen molar-refractivity contribution in [2.24, 2.45) is 0 Å². The summed E-state index contributed by atoms with van der Waals surface area (Å²) in [6.45, 7) is 8.65. The monoisotopic (exact) mass is 318 g/mol. The zero-order valence-electron chi connectivity index (χ0n) is 13.3. The van der Waals surface area contributed by atoms with Gasteiger partial charge in [0, 0.05) is 0 Å². The van der Waals surface area contributed by atoms with Crippen molar-refractivity contribution in [3.05, 3.63) is 73.8 Å². The largest absolute Gasteiger partial charge is 0.241 e. The van der Waals surface area contributed by atoms with E-state index >= 15 is 0 Å². The van der Waals surface area contributed by atoms with Crippen LogP contribution in [0.1, 0.15) is 0 Å². The predicted octanol–water partition coefficient (Wildman–Crippen LogP) is 3.23. The molecule has 2 aromatic carbocycles. The molecular weight excluding hydrogens is 300 g/mol. The Balaban J connectivity index is 0.000000141. The molecule has 2 heterocycles. The zero-order chi connectivity index (χ0) is 16.8. The summed E-state index contributed by atoms with van der Waals surface area (Å²) in [6.07, 6.45) is 3.58. The molecule has 4 aromatic rings. The standard InChI is InChI=1S/2C9H9N3/c1-2-7-12-9-6-4-3-5-8(9)10-11-12;1-2-7-12-10-8-5-3-4-6-9(8)11-12/h2*2-6H,1,7H2. The van der Waals surface area contributed by atoms with Gasteiger partial charge in [0.2, 0.25) is 0 Å². The first-order valence-electron chi connectivity index (χ1n) is 7.61. The highest BCUT2D eigenvalue weighted by molar-refractivity contribution is 5.74. The van der Waals surface area contributed by atoms with E-state index in [0.717, 1.165) is 22.1 Å². The van der Waals surface area contributed by atoms with Gasteiger partial charge in [-0.2, -0.15) is 15.0 Å². The van der Waals surface area contributed by atoms with Gasteiger partial charge in [-0.1, -0.05) is 41.6 Å². The van der Waals surface area contributed by atoms with Gasteiger partial charge in [-0.3, -0.25) is 0 Å². The van der Waals surface area contributed by atoms with Crippen LogP contribution in [0, 0.1) is 0 Å². The fraction of sp³-hybridized carbons (Fsp3) is 0.111. The van der Waals surface area contributed by atoms with Crippen LogP contribution in [0.3, 0.4) is 0 Å². The van der Waals surface area contributed by atoms with Crippen LogP contribution in [0.25, 0.3) is 22.1 Å². The van der Waals surface area contributed by atoms with E-state index in [4.69, 9.17) is 0 Å². The Kier molecular flexibility index (Phi) is 4.76. The lowest BCUT2D eigenvalue weighted by Gasteiger charge is -1.94. The van der Waals surface area contributed by atoms with Gasteiger partial charge in [0.15, 0.2) is 0 Å². The van der Waals surface area contributed by atoms with Crippen LogP contribution >= 0.6 is 0 Å². The Morgan fingerprint density at radius 3 is 2.00 bits per heavy atom. The number of para-hydroxylation sites is 1. The highest BCUT2D eigenvalue weighted by Crippen LogP contribution is 2.09. The number of allylic oxidation sites excluding steroid dienone is 2. The van der Waals surface area contributed by atoms with E-state index in [1.165, 1.54) is 0 Å². The minimum Gasteiger partial charge on any atom is -0.241 e. The molecule has 0 spiro atoms. The molecule has 0 radical (unpaired) electrons. The van der Waals surface area contributed by atoms with Crippen molar-refractivity contribution in [3.8, 4) is 0 Å². The first-order valence-corrected chi connectivity index (χ1v) is 7.61. The Bertz CT molecular complexity index is 924. The molecule has 4 rings (SSSR count). The molecule has 120 valence electrons. The fourth-order valence-electron chi connectivity index (χ4n) is 2.28. The molecule has 0 saturated carbocycles. The predicted molar refractivity (Wildman–Crippen MR) is 95.5 cm³/mol. The summed E-state index contributed by atoms with van der Waals surface area (Å²) in [5.41, 5.74) is 3.84. The Morgan fingerprint density at radius 1 is 0.792 bits per heavy atom. The number of aromatic nitrogens is 6. The van der Waals surface area contributed by atoms with Crippen molar-refractivity contribution in [1.82, 2.24) is 30.0 Å². The Labute approximate surface area is 139 Å². The third kappa shape index (κ3) is 3.38. The average molecular weight is 318 g/mol. The third-order valence-corrected chi connectivity index (χ3v) is 3.34. The van der Waals surface area contributed by atoms with E-state index in [9.17, 15) is 0 Å². The lowest BCUT2D eigenvalue weighted by molar-refractivity contribution is 0.612. The van der Waals surface area contributed by atoms with Crippen molar-refractivity contribution < 1.29 is 0 Å². The van der Waals surface area contributed by atoms with E-state index in [-0.39, 0.29) is 0 Å². The second kappa shape index (κ2) is 7.32. The smallest absolute Gasteiger partial charge is 0.113 e. The van der Waals surface area contributed by atoms with E-state index in [2.05, 4.69) is 33.7 Å². The van der Waals surface area contributed by atoms with Crippen LogP contribution in [0.15, 0.2) is 73.8 Å². The molecule has 0 unspecified atom stereocenters. The molecule has 0 N–H and O–H groups in total. The normalized spacial score (nSPS) is 10.3. The number of rotatable bonds is 4. The molecule has 0 aliphatic carbocycles. The molecule has 2 aromatic heterocycles. The zero-order valence-corrected chi connectivity index (χ0v) is 13.3. The SMILES string of the molecule is C=CCn1nc2ccccc2n1.C=CCn1nnc2ccccc21. The second-order valence-electron chi connectivity index (χ2n) is 5.08. The number of fused-ring (bicyclic) bond motifs is 2. The van der Waals surface area contributed by atoms with Crippen LogP contribution in [0.5, 0.6) is 0 Å². The van der Waals surface area contributed by atoms with Gasteiger partial charge in [0.05, 0.1) is 18.6 Å². The molecule has 0 atom stereocenters. The average Bonchev–Trinajstić information content (AvgIpc) is 3.20. The molecular formula is C18H18N6. The lowest BCUT2D eigenvalue weighted by atomic mass is 10.3. The molecule has 24 heavy (non-hydrogen) atoms. The molecule has 0 aliphatic rings. The molecule has 0 aliphatic heterocycles. The molecule has 0 fully saturated rings. The fourth-order valence-corrected chi connectivity index (χ4v) is 2.28. The first-order chi connectivity index (χ1) is 11.8. The summed E-state index contributed by atoms with van der Waals surface area (Å²) < 4.78 is 1.82. The maximum atomic E-state index is 4.24. The minimum absolute atomic E-state index is 0.661. The number of nitrogens with zero attached hydrogens (tertiary/aromatic N) is 6. The van der Waals surface area contributed by atoms with Gasteiger partial charge < -0.3 is 0 Å². The minimum atomic E-state index is 0.661. The van der Waals surface area contributed by atoms with Crippen LogP contribution < -0.4 is 0 Å². The van der Waals surface area contributed by atoms with Gasteiger partial charge in [0.1, 0.15) is 16.6 Å². The van der Waals surface area contributed by atoms with Gasteiger partial charge in [-0.15, -0.1) is 18.3 Å². The van der Waals surface area contributed by atoms with E-state index < -0.39 is 0 Å². The molecule has 0 amide bonds. The van der Waals surface area contributed by atoms with Crippen LogP contribution in [0.4, 0.5) is 0 Å². The highest BCUT2D eigenvalue weighted by Gasteiger charge is 1.99. The number of hydrogen-bond donors (Lipinski definition) is 0. The second-order valence-corrected chi connectivity index (χ2v) is 5.08. The van der Waals surface area contributed by atoms with E-state index in [0.29, 0.717) is 13.1 Å². The van der Waals surface area contributed by atoms with E-state index in [1.54, 1.807) is 16.9 Å². The topological polar surface area (TPSA) is 61.4 Å². The van der Waals surface area contributed by atoms with Gasteiger partial charge >= 0.3 is 0 Å². The summed E-state index contributed by atoms with van der Waals surface area (Å²) in [6, 6.07) is 15.7. The van der Waals surface area contributed by atoms with Crippen LogP contribution in [0.2, 0.25) is 0 Å². The summed E-state index contributed by atoms with van der Waals surface area (Å²) in [5.74, 6) is 0. The maximum absolute atomic E-state index is 4.24. The molecule has 0 saturated heterocycles. The lowest BCUT2D eigenvalue weighted by Crippen LogP contribution is -1.98. The Hall–Kier alpha value is -3.28. The Morgan fingerprint density at radius 2 is 1.38 bits per heavy atom. The van der Waals surface area contributed by atoms with E-state index in [1.807, 2.05) is 53.2 Å². The maximum Gasteiger partial charge on any atom is 0.113 e. The van der Waals surface area contributed by atoms with Gasteiger partial charge in [-0.25, -0.2) is 4.68 Å². The molecule has 0 bridgehead atoms. The van der Waals surface area contributed by atoms with Crippen LogP contribution in [-0.2, 0) is 13.1 Å². The summed E-state index contributed by atoms with van der Waals surface area (Å²) in [4.78, 5) is 1.64. The molecule has 6 nitrogen and oxygen atoms in total. The van der Waals surface area contributed by atoms with Crippen molar-refractivity contribution in [3.63, 3.8) is 0 Å². The van der Waals surface area contributed by atoms with Crippen molar-refractivity contribution in [2.75, 3.05) is 0 Å². The van der Waals surface area contributed by atoms with Gasteiger partial charge in [0.25, 0.3) is 0 Å². The summed E-state index contributed by atoms with van der Waals surface area (Å²) in [7, 11) is 0. The summed E-state index contributed by atoms with van der Waals surface area (Å²) in [5, 5.41) is 16.5. The van der Waals surface area contributed by atoms with Crippen LogP contribution in [-0.4, -0.2) is 30.0 Å². The van der Waals surface area contributed by atoms with Crippen molar-refractivity contribution >= 4 is 22.1 Å². The number of benzene rings is 2. The highest BCUT2D eigenvalue weighted by atomic mass is 15.5. The summed E-state index contributed by atoms with van der Waals surface area (Å²) >= 11 is 0. The first kappa shape index (κ1) is 15.6. The third-order valence-electron chi connectivity index (χ3n) is 3.34. The van der Waals surface area contributed by atoms with Crippen molar-refractivity contribution in [2.45, 2.75) is 13.1 Å². The van der Waals surface area contributed by atoms with Crippen molar-refractivity contribution in [1.29, 1.82) is 0 Å². The molecule has 6 heteroatoms. The number of hydrogen-bond acceptors (Lipinski definition) is 4.